The van der Waals surface area contributed by atoms with E-state index in [1.807, 2.05) is 51.1 Å². The highest BCUT2D eigenvalue weighted by Gasteiger charge is 2.35. The van der Waals surface area contributed by atoms with E-state index in [1.165, 1.54) is 23.1 Å². The Morgan fingerprint density at radius 3 is 2.15 bits per heavy atom. The average molecular weight is 701 g/mol. The number of rotatable bonds is 13. The summed E-state index contributed by atoms with van der Waals surface area (Å²) in [4.78, 5) is 29.9. The van der Waals surface area contributed by atoms with Crippen LogP contribution in [0.1, 0.15) is 37.0 Å². The highest BCUT2D eigenvalue weighted by molar-refractivity contribution is 7.92. The first-order chi connectivity index (χ1) is 21.9. The standard InChI is InChI=1S/C35H36Cl3N3O4S/c1-4-25(3)39-35(43)33(20-26-9-6-5-7-10-26)40(22-27-15-18-31(37)32(38)19-27)34(42)23-41(29-12-8-11-28(36)21-29)46(44,45)30-16-13-24(2)14-17-30/h5-19,21,25,33H,4,20,22-23H2,1-3H3,(H,39,43)/t25-,33-/m0/s1. The first-order valence-electron chi connectivity index (χ1n) is 14.8. The Balaban J connectivity index is 1.82. The summed E-state index contributed by atoms with van der Waals surface area (Å²) >= 11 is 18.8. The number of benzene rings is 4. The first kappa shape index (κ1) is 35.3. The maximum absolute atomic E-state index is 14.5. The lowest BCUT2D eigenvalue weighted by molar-refractivity contribution is -0.140. The lowest BCUT2D eigenvalue weighted by atomic mass is 10.0. The second kappa shape index (κ2) is 15.8. The minimum Gasteiger partial charge on any atom is -0.352 e. The summed E-state index contributed by atoms with van der Waals surface area (Å²) in [5.41, 5.74) is 2.54. The molecule has 11 heteroatoms. The van der Waals surface area contributed by atoms with Crippen molar-refractivity contribution in [1.82, 2.24) is 10.2 Å². The van der Waals surface area contributed by atoms with E-state index >= 15 is 0 Å². The van der Waals surface area contributed by atoms with Crippen LogP contribution < -0.4 is 9.62 Å². The van der Waals surface area contributed by atoms with E-state index in [1.54, 1.807) is 48.5 Å². The van der Waals surface area contributed by atoms with Gasteiger partial charge in [-0.15, -0.1) is 0 Å². The van der Waals surface area contributed by atoms with Crippen LogP contribution in [0.4, 0.5) is 5.69 Å². The Morgan fingerprint density at radius 1 is 0.826 bits per heavy atom. The van der Waals surface area contributed by atoms with E-state index in [0.717, 1.165) is 15.4 Å². The number of hydrogen-bond acceptors (Lipinski definition) is 4. The second-order valence-electron chi connectivity index (χ2n) is 11.1. The molecule has 0 fully saturated rings. The van der Waals surface area contributed by atoms with Crippen LogP contribution in [-0.2, 0) is 32.6 Å². The van der Waals surface area contributed by atoms with E-state index < -0.39 is 28.5 Å². The van der Waals surface area contributed by atoms with Gasteiger partial charge in [-0.3, -0.25) is 13.9 Å². The minimum atomic E-state index is -4.24. The molecule has 0 spiro atoms. The van der Waals surface area contributed by atoms with Gasteiger partial charge in [0.05, 0.1) is 20.6 Å². The van der Waals surface area contributed by atoms with Gasteiger partial charge in [-0.25, -0.2) is 8.42 Å². The number of amides is 2. The fourth-order valence-corrected chi connectivity index (χ4v) is 6.74. The Hall–Kier alpha value is -3.56. The molecule has 0 saturated heterocycles. The maximum Gasteiger partial charge on any atom is 0.264 e. The maximum atomic E-state index is 14.5. The fourth-order valence-electron chi connectivity index (χ4n) is 4.83. The predicted octanol–water partition coefficient (Wildman–Crippen LogP) is 7.71. The second-order valence-corrected chi connectivity index (χ2v) is 14.2. The van der Waals surface area contributed by atoms with Crippen LogP contribution in [0.15, 0.2) is 102 Å². The van der Waals surface area contributed by atoms with Gasteiger partial charge in [-0.05, 0) is 73.9 Å². The third-order valence-corrected chi connectivity index (χ3v) is 10.4. The van der Waals surface area contributed by atoms with Crippen molar-refractivity contribution >= 4 is 62.3 Å². The van der Waals surface area contributed by atoms with E-state index in [2.05, 4.69) is 5.32 Å². The van der Waals surface area contributed by atoms with E-state index in [4.69, 9.17) is 34.8 Å². The SMILES string of the molecule is CC[C@H](C)NC(=O)[C@H](Cc1ccccc1)N(Cc1ccc(Cl)c(Cl)c1)C(=O)CN(c1cccc(Cl)c1)S(=O)(=O)c1ccc(C)cc1. The zero-order chi connectivity index (χ0) is 33.4. The topological polar surface area (TPSA) is 86.8 Å². The molecule has 0 saturated carbocycles. The molecule has 0 heterocycles. The van der Waals surface area contributed by atoms with Gasteiger partial charge < -0.3 is 10.2 Å². The normalized spacial score (nSPS) is 12.7. The van der Waals surface area contributed by atoms with Crippen LogP contribution in [0.3, 0.4) is 0 Å². The molecule has 0 bridgehead atoms. The average Bonchev–Trinajstić information content (AvgIpc) is 3.03. The number of sulfonamides is 1. The Bertz CT molecular complexity index is 1770. The summed E-state index contributed by atoms with van der Waals surface area (Å²) in [5.74, 6) is -0.954. The lowest BCUT2D eigenvalue weighted by Gasteiger charge is -2.34. The van der Waals surface area contributed by atoms with Crippen molar-refractivity contribution in [3.63, 3.8) is 0 Å². The predicted molar refractivity (Wildman–Crippen MR) is 186 cm³/mol. The van der Waals surface area contributed by atoms with Gasteiger partial charge in [-0.1, -0.05) is 102 Å². The fraction of sp³-hybridized carbons (Fsp3) is 0.257. The van der Waals surface area contributed by atoms with Crippen molar-refractivity contribution in [2.45, 2.75) is 57.1 Å². The Labute approximate surface area is 286 Å². The molecule has 0 aliphatic rings. The van der Waals surface area contributed by atoms with E-state index in [-0.39, 0.29) is 40.5 Å². The third kappa shape index (κ3) is 9.04. The summed E-state index contributed by atoms with van der Waals surface area (Å²) in [5, 5.41) is 3.95. The molecule has 0 unspecified atom stereocenters. The monoisotopic (exact) mass is 699 g/mol. The summed E-state index contributed by atoms with van der Waals surface area (Å²) in [6, 6.07) is 25.9. The Morgan fingerprint density at radius 2 is 1.52 bits per heavy atom. The third-order valence-electron chi connectivity index (χ3n) is 7.59. The van der Waals surface area contributed by atoms with Gasteiger partial charge in [0, 0.05) is 24.0 Å². The van der Waals surface area contributed by atoms with Crippen LogP contribution >= 0.6 is 34.8 Å². The number of aryl methyl sites for hydroxylation is 1. The number of carbonyl (C=O) groups excluding carboxylic acids is 2. The molecule has 0 radical (unpaired) electrons. The number of anilines is 1. The van der Waals surface area contributed by atoms with Crippen molar-refractivity contribution in [2.24, 2.45) is 0 Å². The van der Waals surface area contributed by atoms with Crippen molar-refractivity contribution in [2.75, 3.05) is 10.8 Å². The molecule has 0 aromatic heterocycles. The molecule has 7 nitrogen and oxygen atoms in total. The molecule has 1 N–H and O–H groups in total. The molecule has 242 valence electrons. The lowest BCUT2D eigenvalue weighted by Crippen LogP contribution is -2.54. The van der Waals surface area contributed by atoms with Crippen LogP contribution in [0, 0.1) is 6.92 Å². The van der Waals surface area contributed by atoms with Crippen molar-refractivity contribution in [1.29, 1.82) is 0 Å². The highest BCUT2D eigenvalue weighted by Crippen LogP contribution is 2.28. The Kier molecular flexibility index (Phi) is 12.1. The molecule has 2 amide bonds. The molecular weight excluding hydrogens is 665 g/mol. The van der Waals surface area contributed by atoms with Crippen molar-refractivity contribution in [3.8, 4) is 0 Å². The van der Waals surface area contributed by atoms with Gasteiger partial charge in [0.1, 0.15) is 12.6 Å². The highest BCUT2D eigenvalue weighted by atomic mass is 35.5. The molecule has 2 atom stereocenters. The number of hydrogen-bond donors (Lipinski definition) is 1. The largest absolute Gasteiger partial charge is 0.352 e. The number of nitrogens with zero attached hydrogens (tertiary/aromatic N) is 2. The first-order valence-corrected chi connectivity index (χ1v) is 17.4. The van der Waals surface area contributed by atoms with Gasteiger partial charge in [0.25, 0.3) is 10.0 Å². The van der Waals surface area contributed by atoms with Crippen molar-refractivity contribution < 1.29 is 18.0 Å². The molecule has 0 aliphatic heterocycles. The summed E-state index contributed by atoms with van der Waals surface area (Å²) < 4.78 is 29.3. The zero-order valence-electron chi connectivity index (χ0n) is 25.8. The van der Waals surface area contributed by atoms with Crippen LogP contribution in [-0.4, -0.2) is 43.8 Å². The van der Waals surface area contributed by atoms with Crippen LogP contribution in [0.25, 0.3) is 0 Å². The molecule has 4 aromatic carbocycles. The number of nitrogens with one attached hydrogen (secondary N) is 1. The van der Waals surface area contributed by atoms with Gasteiger partial charge in [0.15, 0.2) is 0 Å². The number of halogens is 3. The minimum absolute atomic E-state index is 0.0113. The summed E-state index contributed by atoms with van der Waals surface area (Å²) in [7, 11) is -4.24. The van der Waals surface area contributed by atoms with Crippen molar-refractivity contribution in [3.05, 3.63) is 129 Å². The summed E-state index contributed by atoms with van der Waals surface area (Å²) in [6.45, 7) is 5.06. The smallest absolute Gasteiger partial charge is 0.264 e. The molecule has 46 heavy (non-hydrogen) atoms. The quantitative estimate of drug-likeness (QED) is 0.155. The molecule has 0 aliphatic carbocycles. The van der Waals surface area contributed by atoms with Gasteiger partial charge in [0.2, 0.25) is 11.8 Å². The molecule has 4 aromatic rings. The summed E-state index contributed by atoms with van der Waals surface area (Å²) in [6.07, 6.45) is 0.875. The van der Waals surface area contributed by atoms with Crippen LogP contribution in [0.2, 0.25) is 15.1 Å². The molecule has 4 rings (SSSR count). The van der Waals surface area contributed by atoms with Crippen LogP contribution in [0.5, 0.6) is 0 Å². The zero-order valence-corrected chi connectivity index (χ0v) is 28.9. The van der Waals surface area contributed by atoms with Gasteiger partial charge >= 0.3 is 0 Å². The van der Waals surface area contributed by atoms with E-state index in [9.17, 15) is 18.0 Å². The van der Waals surface area contributed by atoms with E-state index in [0.29, 0.717) is 22.0 Å². The van der Waals surface area contributed by atoms with Gasteiger partial charge in [-0.2, -0.15) is 0 Å². The number of carbonyl (C=O) groups is 2. The molecular formula is C35H36Cl3N3O4S.